The van der Waals surface area contributed by atoms with Gasteiger partial charge in [0.2, 0.25) is 5.91 Å². The lowest BCUT2D eigenvalue weighted by Crippen LogP contribution is -2.54. The second-order valence-electron chi connectivity index (χ2n) is 7.17. The first-order valence-corrected chi connectivity index (χ1v) is 9.26. The molecule has 2 saturated heterocycles. The number of amides is 1. The number of nitrogens with zero attached hydrogens (tertiary/aromatic N) is 3. The summed E-state index contributed by atoms with van der Waals surface area (Å²) >= 11 is 0. The molecule has 2 heterocycles. The highest BCUT2D eigenvalue weighted by Gasteiger charge is 2.32. The third-order valence-electron chi connectivity index (χ3n) is 5.50. The summed E-state index contributed by atoms with van der Waals surface area (Å²) in [5.74, 6) is 0.633. The third kappa shape index (κ3) is 4.30. The molecule has 2 fully saturated rings. The minimum Gasteiger partial charge on any atom is -0.369 e. The Labute approximate surface area is 149 Å². The number of benzene rings is 1. The Morgan fingerprint density at radius 1 is 1.20 bits per heavy atom. The zero-order valence-corrected chi connectivity index (χ0v) is 15.2. The number of anilines is 1. The predicted molar refractivity (Wildman–Crippen MR) is 98.3 cm³/mol. The predicted octanol–water partition coefficient (Wildman–Crippen LogP) is 1.40. The summed E-state index contributed by atoms with van der Waals surface area (Å²) in [6.45, 7) is 8.22. The van der Waals surface area contributed by atoms with Crippen molar-refractivity contribution < 1.29 is 9.18 Å². The van der Waals surface area contributed by atoms with Crippen LogP contribution in [0.3, 0.4) is 0 Å². The molecular formula is C19H29FN4O. The van der Waals surface area contributed by atoms with E-state index in [2.05, 4.69) is 15.1 Å². The van der Waals surface area contributed by atoms with Crippen LogP contribution in [0.2, 0.25) is 0 Å². The van der Waals surface area contributed by atoms with Crippen molar-refractivity contribution in [3.63, 3.8) is 0 Å². The SMILES string of the molecule is CNCC1CCN(C(=O)C(C)N2CCN(c3ccc(F)cc3)CC2)C1. The van der Waals surface area contributed by atoms with Crippen molar-refractivity contribution in [3.8, 4) is 0 Å². The Morgan fingerprint density at radius 3 is 2.52 bits per heavy atom. The lowest BCUT2D eigenvalue weighted by Gasteiger charge is -2.39. The Hall–Kier alpha value is -1.66. The molecule has 2 unspecified atom stereocenters. The molecule has 25 heavy (non-hydrogen) atoms. The van der Waals surface area contributed by atoms with Gasteiger partial charge in [0.05, 0.1) is 6.04 Å². The third-order valence-corrected chi connectivity index (χ3v) is 5.50. The molecule has 0 aliphatic carbocycles. The van der Waals surface area contributed by atoms with E-state index in [4.69, 9.17) is 0 Å². The fourth-order valence-electron chi connectivity index (χ4n) is 3.93. The number of rotatable bonds is 5. The van der Waals surface area contributed by atoms with E-state index >= 15 is 0 Å². The van der Waals surface area contributed by atoms with Crippen LogP contribution in [0.25, 0.3) is 0 Å². The normalized spacial score (nSPS) is 23.1. The van der Waals surface area contributed by atoms with Crippen molar-refractivity contribution >= 4 is 11.6 Å². The zero-order chi connectivity index (χ0) is 17.8. The maximum Gasteiger partial charge on any atom is 0.239 e. The van der Waals surface area contributed by atoms with E-state index in [0.29, 0.717) is 5.92 Å². The summed E-state index contributed by atoms with van der Waals surface area (Å²) in [6.07, 6.45) is 1.09. The van der Waals surface area contributed by atoms with Gasteiger partial charge in [-0.3, -0.25) is 9.69 Å². The number of carbonyl (C=O) groups is 1. The van der Waals surface area contributed by atoms with Crippen LogP contribution in [0.4, 0.5) is 10.1 Å². The zero-order valence-electron chi connectivity index (χ0n) is 15.2. The van der Waals surface area contributed by atoms with Gasteiger partial charge in [-0.15, -0.1) is 0 Å². The molecule has 138 valence electrons. The van der Waals surface area contributed by atoms with Gasteiger partial charge in [-0.05, 0) is 57.1 Å². The van der Waals surface area contributed by atoms with Crippen molar-refractivity contribution in [2.45, 2.75) is 19.4 Å². The Morgan fingerprint density at radius 2 is 1.88 bits per heavy atom. The molecule has 0 aromatic heterocycles. The molecule has 1 aromatic carbocycles. The smallest absolute Gasteiger partial charge is 0.239 e. The number of piperazine rings is 1. The molecule has 0 spiro atoms. The summed E-state index contributed by atoms with van der Waals surface area (Å²) in [6, 6.07) is 6.59. The van der Waals surface area contributed by atoms with Gasteiger partial charge in [-0.2, -0.15) is 0 Å². The van der Waals surface area contributed by atoms with E-state index in [1.807, 2.05) is 31.0 Å². The highest BCUT2D eigenvalue weighted by atomic mass is 19.1. The highest BCUT2D eigenvalue weighted by molar-refractivity contribution is 5.81. The van der Waals surface area contributed by atoms with E-state index in [1.165, 1.54) is 12.1 Å². The average molecular weight is 348 g/mol. The van der Waals surface area contributed by atoms with Gasteiger partial charge >= 0.3 is 0 Å². The summed E-state index contributed by atoms with van der Waals surface area (Å²) in [5, 5.41) is 3.21. The fraction of sp³-hybridized carbons (Fsp3) is 0.632. The summed E-state index contributed by atoms with van der Waals surface area (Å²) in [5.41, 5.74) is 1.05. The number of halogens is 1. The largest absolute Gasteiger partial charge is 0.369 e. The summed E-state index contributed by atoms with van der Waals surface area (Å²) in [7, 11) is 1.97. The van der Waals surface area contributed by atoms with Crippen LogP contribution in [-0.4, -0.2) is 74.6 Å². The maximum absolute atomic E-state index is 13.1. The van der Waals surface area contributed by atoms with Crippen LogP contribution in [0.15, 0.2) is 24.3 Å². The molecule has 1 N–H and O–H groups in total. The van der Waals surface area contributed by atoms with Crippen molar-refractivity contribution in [2.75, 3.05) is 57.8 Å². The van der Waals surface area contributed by atoms with Gasteiger partial charge in [-0.1, -0.05) is 0 Å². The highest BCUT2D eigenvalue weighted by Crippen LogP contribution is 2.20. The minimum atomic E-state index is -0.205. The monoisotopic (exact) mass is 348 g/mol. The molecular weight excluding hydrogens is 319 g/mol. The summed E-state index contributed by atoms with van der Waals surface area (Å²) < 4.78 is 13.1. The van der Waals surface area contributed by atoms with Crippen LogP contribution in [0.5, 0.6) is 0 Å². The van der Waals surface area contributed by atoms with E-state index < -0.39 is 0 Å². The molecule has 0 radical (unpaired) electrons. The first-order valence-electron chi connectivity index (χ1n) is 9.26. The standard InChI is InChI=1S/C19H29FN4O/c1-15(19(25)24-8-7-16(14-24)13-21-2)22-9-11-23(12-10-22)18-5-3-17(20)4-6-18/h3-6,15-16,21H,7-14H2,1-2H3. The van der Waals surface area contributed by atoms with Gasteiger partial charge in [0.1, 0.15) is 5.82 Å². The Kier molecular flexibility index (Phi) is 5.91. The van der Waals surface area contributed by atoms with Crippen molar-refractivity contribution in [1.29, 1.82) is 0 Å². The average Bonchev–Trinajstić information content (AvgIpc) is 3.10. The maximum atomic E-state index is 13.1. The van der Waals surface area contributed by atoms with Gasteiger partial charge in [-0.25, -0.2) is 4.39 Å². The molecule has 1 aromatic rings. The minimum absolute atomic E-state index is 0.0660. The van der Waals surface area contributed by atoms with Crippen LogP contribution in [0, 0.1) is 11.7 Å². The molecule has 0 bridgehead atoms. The second kappa shape index (κ2) is 8.15. The van der Waals surface area contributed by atoms with Crippen LogP contribution in [-0.2, 0) is 4.79 Å². The Balaban J connectivity index is 1.50. The first kappa shape index (κ1) is 18.1. The molecule has 5 nitrogen and oxygen atoms in total. The lowest BCUT2D eigenvalue weighted by atomic mass is 10.1. The van der Waals surface area contributed by atoms with Crippen molar-refractivity contribution in [2.24, 2.45) is 5.92 Å². The molecule has 6 heteroatoms. The number of hydrogen-bond acceptors (Lipinski definition) is 4. The van der Waals surface area contributed by atoms with Gasteiger partial charge in [0.25, 0.3) is 0 Å². The number of hydrogen-bond donors (Lipinski definition) is 1. The van der Waals surface area contributed by atoms with E-state index in [1.54, 1.807) is 0 Å². The van der Waals surface area contributed by atoms with E-state index in [-0.39, 0.29) is 17.8 Å². The number of carbonyl (C=O) groups excluding carboxylic acids is 1. The Bertz CT molecular complexity index is 571. The molecule has 2 aliphatic heterocycles. The van der Waals surface area contributed by atoms with Crippen LogP contribution in [0.1, 0.15) is 13.3 Å². The molecule has 1 amide bonds. The van der Waals surface area contributed by atoms with Crippen molar-refractivity contribution in [1.82, 2.24) is 15.1 Å². The van der Waals surface area contributed by atoms with E-state index in [9.17, 15) is 9.18 Å². The van der Waals surface area contributed by atoms with Crippen molar-refractivity contribution in [3.05, 3.63) is 30.1 Å². The number of nitrogens with one attached hydrogen (secondary N) is 1. The van der Waals surface area contributed by atoms with Crippen LogP contribution >= 0.6 is 0 Å². The quantitative estimate of drug-likeness (QED) is 0.873. The fourth-order valence-corrected chi connectivity index (χ4v) is 3.93. The van der Waals surface area contributed by atoms with E-state index in [0.717, 1.165) is 57.9 Å². The summed E-state index contributed by atoms with van der Waals surface area (Å²) in [4.78, 5) is 19.3. The molecule has 3 rings (SSSR count). The van der Waals surface area contributed by atoms with Gasteiger partial charge in [0.15, 0.2) is 0 Å². The molecule has 2 atom stereocenters. The first-order chi connectivity index (χ1) is 12.1. The topological polar surface area (TPSA) is 38.8 Å². The van der Waals surface area contributed by atoms with Gasteiger partial charge in [0, 0.05) is 45.0 Å². The van der Waals surface area contributed by atoms with Crippen LogP contribution < -0.4 is 10.2 Å². The van der Waals surface area contributed by atoms with Gasteiger partial charge < -0.3 is 15.1 Å². The molecule has 2 aliphatic rings. The second-order valence-corrected chi connectivity index (χ2v) is 7.17. The molecule has 0 saturated carbocycles. The number of likely N-dealkylation sites (tertiary alicyclic amines) is 1. The lowest BCUT2D eigenvalue weighted by molar-refractivity contribution is -0.135.